The summed E-state index contributed by atoms with van der Waals surface area (Å²) in [5.41, 5.74) is 0.414. The maximum Gasteiger partial charge on any atom is 0.410 e. The normalized spacial score (nSPS) is 19.8. The summed E-state index contributed by atoms with van der Waals surface area (Å²) in [7, 11) is 3.60. The molecule has 1 N–H and O–H groups in total. The molecule has 1 aliphatic heterocycles. The molecule has 0 radical (unpaired) electrons. The van der Waals surface area contributed by atoms with Crippen LogP contribution in [0, 0.1) is 11.7 Å². The first-order valence-electron chi connectivity index (χ1n) is 14.9. The molecule has 3 atom stereocenters. The molecule has 40 heavy (non-hydrogen) atoms. The predicted octanol–water partition coefficient (Wildman–Crippen LogP) is 4.61. The number of carbonyl (C=O) groups is 3. The van der Waals surface area contributed by atoms with E-state index in [-0.39, 0.29) is 29.6 Å². The van der Waals surface area contributed by atoms with Crippen LogP contribution in [0.1, 0.15) is 78.2 Å². The van der Waals surface area contributed by atoms with Gasteiger partial charge in [0.15, 0.2) is 0 Å². The smallest absolute Gasteiger partial charge is 0.410 e. The van der Waals surface area contributed by atoms with Crippen LogP contribution < -0.4 is 5.32 Å². The zero-order valence-corrected chi connectivity index (χ0v) is 25.2. The fourth-order valence-corrected chi connectivity index (χ4v) is 5.71. The Labute approximate surface area is 239 Å². The molecular formula is C31H49FN4O4. The lowest BCUT2D eigenvalue weighted by Crippen LogP contribution is -2.58. The van der Waals surface area contributed by atoms with Gasteiger partial charge in [-0.3, -0.25) is 14.5 Å². The molecule has 2 aliphatic rings. The minimum Gasteiger partial charge on any atom is -0.444 e. The van der Waals surface area contributed by atoms with Gasteiger partial charge in [0, 0.05) is 32.7 Å². The lowest BCUT2D eigenvalue weighted by Gasteiger charge is -2.37. The summed E-state index contributed by atoms with van der Waals surface area (Å²) < 4.78 is 18.7. The number of hydrogen-bond donors (Lipinski definition) is 1. The number of nitrogens with zero attached hydrogens (tertiary/aromatic N) is 3. The van der Waals surface area contributed by atoms with E-state index >= 15 is 0 Å². The predicted molar refractivity (Wildman–Crippen MR) is 154 cm³/mol. The Hall–Kier alpha value is -2.68. The number of rotatable bonds is 10. The molecule has 3 unspecified atom stereocenters. The topological polar surface area (TPSA) is 82.2 Å². The van der Waals surface area contributed by atoms with E-state index in [1.165, 1.54) is 17.0 Å². The minimum atomic E-state index is -0.777. The first kappa shape index (κ1) is 31.8. The lowest BCUT2D eigenvalue weighted by atomic mass is 9.83. The molecule has 2 fully saturated rings. The van der Waals surface area contributed by atoms with Gasteiger partial charge in [-0.15, -0.1) is 0 Å². The summed E-state index contributed by atoms with van der Waals surface area (Å²) in [6.07, 6.45) is 7.16. The molecule has 3 amide bonds. The number of hydrogen-bond acceptors (Lipinski definition) is 5. The maximum atomic E-state index is 14.0. The van der Waals surface area contributed by atoms with Crippen LogP contribution in [0.2, 0.25) is 0 Å². The second kappa shape index (κ2) is 14.3. The number of amides is 3. The average Bonchev–Trinajstić information content (AvgIpc) is 3.37. The van der Waals surface area contributed by atoms with Crippen molar-refractivity contribution in [1.82, 2.24) is 20.0 Å². The van der Waals surface area contributed by atoms with Crippen LogP contribution in [0.5, 0.6) is 0 Å². The Morgan fingerprint density at radius 2 is 1.70 bits per heavy atom. The summed E-state index contributed by atoms with van der Waals surface area (Å²) in [5.74, 6) is -0.504. The minimum absolute atomic E-state index is 0.0122. The highest BCUT2D eigenvalue weighted by Crippen LogP contribution is 2.29. The van der Waals surface area contributed by atoms with Gasteiger partial charge < -0.3 is 19.9 Å². The highest BCUT2D eigenvalue weighted by Gasteiger charge is 2.39. The summed E-state index contributed by atoms with van der Waals surface area (Å²) in [5, 5.41) is 3.06. The molecule has 224 valence electrons. The van der Waals surface area contributed by atoms with Gasteiger partial charge in [-0.2, -0.15) is 0 Å². The highest BCUT2D eigenvalue weighted by atomic mass is 19.1. The Morgan fingerprint density at radius 1 is 1.05 bits per heavy atom. The SMILES string of the molecule is CC(C(=O)NC(C(=O)N1CCCC1CN(C)CCc1ccc(F)cc1)C1CCCCC1)N(C)C(=O)OC(C)(C)C. The molecule has 1 saturated heterocycles. The van der Waals surface area contributed by atoms with Crippen LogP contribution in [0.3, 0.4) is 0 Å². The van der Waals surface area contributed by atoms with Crippen molar-refractivity contribution in [3.8, 4) is 0 Å². The second-order valence-electron chi connectivity index (χ2n) is 12.6. The fraction of sp³-hybridized carbons (Fsp3) is 0.710. The van der Waals surface area contributed by atoms with Crippen molar-refractivity contribution >= 4 is 17.9 Å². The maximum absolute atomic E-state index is 14.0. The van der Waals surface area contributed by atoms with Gasteiger partial charge >= 0.3 is 6.09 Å². The molecule has 1 aliphatic carbocycles. The fourth-order valence-electron chi connectivity index (χ4n) is 5.71. The molecule has 0 aromatic heterocycles. The van der Waals surface area contributed by atoms with Gasteiger partial charge in [-0.1, -0.05) is 31.4 Å². The Kier molecular flexibility index (Phi) is 11.4. The molecule has 1 aromatic carbocycles. The summed E-state index contributed by atoms with van der Waals surface area (Å²) in [4.78, 5) is 45.5. The monoisotopic (exact) mass is 560 g/mol. The molecule has 3 rings (SSSR count). The number of benzene rings is 1. The second-order valence-corrected chi connectivity index (χ2v) is 12.6. The summed E-state index contributed by atoms with van der Waals surface area (Å²) in [6.45, 7) is 9.26. The molecule has 1 aromatic rings. The number of carbonyl (C=O) groups excluding carboxylic acids is 3. The molecule has 1 saturated carbocycles. The first-order chi connectivity index (χ1) is 18.9. The van der Waals surface area contributed by atoms with Gasteiger partial charge in [0.25, 0.3) is 0 Å². The van der Waals surface area contributed by atoms with E-state index < -0.39 is 23.8 Å². The molecule has 9 heteroatoms. The third-order valence-electron chi connectivity index (χ3n) is 8.21. The lowest BCUT2D eigenvalue weighted by molar-refractivity contribution is -0.140. The Balaban J connectivity index is 1.65. The van der Waals surface area contributed by atoms with Gasteiger partial charge in [0.2, 0.25) is 11.8 Å². The van der Waals surface area contributed by atoms with E-state index in [0.29, 0.717) is 6.54 Å². The standard InChI is InChI=1S/C31H49FN4O4/c1-22(35(6)30(39)40-31(2,3)4)28(37)33-27(24-11-8-7-9-12-24)29(38)36-19-10-13-26(36)21-34(5)20-18-23-14-16-25(32)17-15-23/h14-17,22,24,26-27H,7-13,18-21H2,1-6H3,(H,33,37). The first-order valence-corrected chi connectivity index (χ1v) is 14.9. The van der Waals surface area contributed by atoms with E-state index in [9.17, 15) is 18.8 Å². The van der Waals surface area contributed by atoms with Crippen molar-refractivity contribution in [2.75, 3.05) is 33.7 Å². The third-order valence-corrected chi connectivity index (χ3v) is 8.21. The number of nitrogens with one attached hydrogen (secondary N) is 1. The largest absolute Gasteiger partial charge is 0.444 e. The van der Waals surface area contributed by atoms with Crippen LogP contribution in [0.15, 0.2) is 24.3 Å². The van der Waals surface area contributed by atoms with Gasteiger partial charge in [0.05, 0.1) is 0 Å². The van der Waals surface area contributed by atoms with E-state index in [1.807, 2.05) is 17.0 Å². The number of halogens is 1. The quantitative estimate of drug-likeness (QED) is 0.452. The highest BCUT2D eigenvalue weighted by molar-refractivity contribution is 5.91. The van der Waals surface area contributed by atoms with Crippen molar-refractivity contribution in [3.63, 3.8) is 0 Å². The summed E-state index contributed by atoms with van der Waals surface area (Å²) >= 11 is 0. The third kappa shape index (κ3) is 9.18. The van der Waals surface area contributed by atoms with Crippen molar-refractivity contribution in [2.45, 2.75) is 103 Å². The van der Waals surface area contributed by atoms with E-state index in [0.717, 1.165) is 70.0 Å². The van der Waals surface area contributed by atoms with Crippen molar-refractivity contribution in [2.24, 2.45) is 5.92 Å². The van der Waals surface area contributed by atoms with Crippen LogP contribution in [0.25, 0.3) is 0 Å². The van der Waals surface area contributed by atoms with Crippen molar-refractivity contribution in [1.29, 1.82) is 0 Å². The van der Waals surface area contributed by atoms with E-state index in [4.69, 9.17) is 4.74 Å². The Bertz CT molecular complexity index is 990. The Morgan fingerprint density at radius 3 is 2.33 bits per heavy atom. The number of likely N-dealkylation sites (tertiary alicyclic amines) is 1. The molecular weight excluding hydrogens is 511 g/mol. The van der Waals surface area contributed by atoms with Gasteiger partial charge in [-0.05, 0) is 90.5 Å². The van der Waals surface area contributed by atoms with Crippen molar-refractivity contribution < 1.29 is 23.5 Å². The molecule has 0 bridgehead atoms. The van der Waals surface area contributed by atoms with Gasteiger partial charge in [-0.25, -0.2) is 9.18 Å². The van der Waals surface area contributed by atoms with E-state index in [1.54, 1.807) is 34.7 Å². The average molecular weight is 561 g/mol. The zero-order chi connectivity index (χ0) is 29.4. The van der Waals surface area contributed by atoms with Crippen LogP contribution in [0.4, 0.5) is 9.18 Å². The molecule has 0 spiro atoms. The zero-order valence-electron chi connectivity index (χ0n) is 25.2. The van der Waals surface area contributed by atoms with Crippen LogP contribution in [-0.4, -0.2) is 90.1 Å². The van der Waals surface area contributed by atoms with Gasteiger partial charge in [0.1, 0.15) is 23.5 Å². The molecule has 1 heterocycles. The van der Waals surface area contributed by atoms with Crippen LogP contribution in [-0.2, 0) is 20.7 Å². The summed E-state index contributed by atoms with van der Waals surface area (Å²) in [6, 6.07) is 5.29. The van der Waals surface area contributed by atoms with E-state index in [2.05, 4.69) is 17.3 Å². The number of ether oxygens (including phenoxy) is 1. The van der Waals surface area contributed by atoms with Crippen molar-refractivity contribution in [3.05, 3.63) is 35.6 Å². The molecule has 8 nitrogen and oxygen atoms in total. The van der Waals surface area contributed by atoms with Crippen LogP contribution >= 0.6 is 0 Å². The number of likely N-dealkylation sites (N-methyl/N-ethyl adjacent to an activating group) is 2.